The Morgan fingerprint density at radius 3 is 2.58 bits per heavy atom. The molecule has 3 rings (SSSR count). The number of amides is 2. The molecule has 1 heterocycles. The maximum Gasteiger partial charge on any atom is 0.263 e. The molecule has 1 aromatic heterocycles. The zero-order chi connectivity index (χ0) is 22.5. The topological polar surface area (TPSA) is 91.5 Å². The second-order valence-electron chi connectivity index (χ2n) is 7.56. The summed E-state index contributed by atoms with van der Waals surface area (Å²) in [6.07, 6.45) is 0.988. The number of benzene rings is 2. The van der Waals surface area contributed by atoms with Crippen molar-refractivity contribution in [3.63, 3.8) is 0 Å². The molecule has 0 bridgehead atoms. The summed E-state index contributed by atoms with van der Waals surface area (Å²) in [5.41, 5.74) is 2.87. The Morgan fingerprint density at radius 2 is 1.87 bits per heavy atom. The van der Waals surface area contributed by atoms with Crippen molar-refractivity contribution < 1.29 is 14.3 Å². The number of H-pyrrole nitrogens is 1. The minimum Gasteiger partial charge on any atom is -0.481 e. The van der Waals surface area contributed by atoms with Gasteiger partial charge in [-0.05, 0) is 48.6 Å². The lowest BCUT2D eigenvalue weighted by Crippen LogP contribution is -2.41. The fourth-order valence-corrected chi connectivity index (χ4v) is 3.49. The van der Waals surface area contributed by atoms with E-state index in [2.05, 4.69) is 10.3 Å². The number of likely N-dealkylation sites (N-methyl/N-ethyl adjacent to an activating group) is 1. The number of ether oxygens (including phenoxy) is 1. The molecular weight excluding hydrogens is 394 g/mol. The Morgan fingerprint density at radius 1 is 1.13 bits per heavy atom. The van der Waals surface area contributed by atoms with E-state index >= 15 is 0 Å². The van der Waals surface area contributed by atoms with Gasteiger partial charge < -0.3 is 19.9 Å². The van der Waals surface area contributed by atoms with Gasteiger partial charge in [-0.1, -0.05) is 24.3 Å². The van der Waals surface area contributed by atoms with Gasteiger partial charge in [0.25, 0.3) is 11.5 Å². The minimum absolute atomic E-state index is 0.142. The van der Waals surface area contributed by atoms with Gasteiger partial charge in [-0.2, -0.15) is 0 Å². The summed E-state index contributed by atoms with van der Waals surface area (Å²) in [5, 5.41) is 3.97. The Hall–Kier alpha value is -3.61. The van der Waals surface area contributed by atoms with E-state index < -0.39 is 6.10 Å². The molecule has 3 aromatic rings. The van der Waals surface area contributed by atoms with Crippen molar-refractivity contribution in [3.05, 3.63) is 64.6 Å². The van der Waals surface area contributed by atoms with Crippen LogP contribution >= 0.6 is 0 Å². The Bertz CT molecular complexity index is 1170. The van der Waals surface area contributed by atoms with Gasteiger partial charge in [0.2, 0.25) is 5.91 Å². The Balaban J connectivity index is 1.82. The maximum absolute atomic E-state index is 12.6. The number of aromatic nitrogens is 1. The standard InChI is InChI=1S/C24H27N3O4/c1-15-7-5-6-8-19(15)22-14-26-23(29)21-13-18(9-10-20(21)22)31-16(2)24(30)27(4)12-11-25-17(3)28/h5-10,13-14,16H,11-12H2,1-4H3,(H,25,28)(H,26,29)/t16-/m1/s1. The number of aromatic amines is 1. The van der Waals surface area contributed by atoms with E-state index in [1.54, 1.807) is 32.3 Å². The van der Waals surface area contributed by atoms with Crippen LogP contribution in [0.15, 0.2) is 53.5 Å². The van der Waals surface area contributed by atoms with Crippen LogP contribution < -0.4 is 15.6 Å². The maximum atomic E-state index is 12.6. The third kappa shape index (κ3) is 5.12. The normalized spacial score (nSPS) is 11.7. The van der Waals surface area contributed by atoms with Crippen LogP contribution in [0.25, 0.3) is 21.9 Å². The molecule has 0 aliphatic heterocycles. The van der Waals surface area contributed by atoms with Crippen LogP contribution in [0, 0.1) is 6.92 Å². The first-order chi connectivity index (χ1) is 14.8. The molecule has 7 nitrogen and oxygen atoms in total. The third-order valence-corrected chi connectivity index (χ3v) is 5.17. The molecule has 0 fully saturated rings. The SMILES string of the molecule is CC(=O)NCCN(C)C(=O)[C@@H](C)Oc1ccc2c(-c3ccccc3C)c[nH]c(=O)c2c1. The lowest BCUT2D eigenvalue weighted by molar-refractivity contribution is -0.136. The number of carbonyl (C=O) groups is 2. The molecule has 0 unspecified atom stereocenters. The van der Waals surface area contributed by atoms with Crippen molar-refractivity contribution in [1.29, 1.82) is 0 Å². The Labute approximate surface area is 181 Å². The third-order valence-electron chi connectivity index (χ3n) is 5.17. The van der Waals surface area contributed by atoms with Gasteiger partial charge >= 0.3 is 0 Å². The van der Waals surface area contributed by atoms with E-state index in [0.717, 1.165) is 22.1 Å². The molecule has 0 radical (unpaired) electrons. The van der Waals surface area contributed by atoms with Gasteiger partial charge in [0.1, 0.15) is 5.75 Å². The van der Waals surface area contributed by atoms with Gasteiger partial charge in [-0.3, -0.25) is 14.4 Å². The van der Waals surface area contributed by atoms with E-state index in [9.17, 15) is 14.4 Å². The molecule has 2 amide bonds. The highest BCUT2D eigenvalue weighted by Crippen LogP contribution is 2.30. The van der Waals surface area contributed by atoms with Crippen LogP contribution in [0.5, 0.6) is 5.75 Å². The predicted molar refractivity (Wildman–Crippen MR) is 121 cm³/mol. The molecule has 1 atom stereocenters. The number of carbonyl (C=O) groups excluding carboxylic acids is 2. The van der Waals surface area contributed by atoms with Gasteiger partial charge in [0.15, 0.2) is 6.10 Å². The fraction of sp³-hybridized carbons (Fsp3) is 0.292. The fourth-order valence-electron chi connectivity index (χ4n) is 3.49. The number of nitrogens with one attached hydrogen (secondary N) is 2. The van der Waals surface area contributed by atoms with Crippen LogP contribution in [0.4, 0.5) is 0 Å². The van der Waals surface area contributed by atoms with Gasteiger partial charge in [-0.25, -0.2) is 0 Å². The number of nitrogens with zero attached hydrogens (tertiary/aromatic N) is 1. The first kappa shape index (κ1) is 22.1. The molecule has 0 aliphatic rings. The number of fused-ring (bicyclic) bond motifs is 1. The minimum atomic E-state index is -0.738. The van der Waals surface area contributed by atoms with E-state index in [-0.39, 0.29) is 17.4 Å². The zero-order valence-corrected chi connectivity index (χ0v) is 18.2. The van der Waals surface area contributed by atoms with Crippen molar-refractivity contribution in [3.8, 4) is 16.9 Å². The highest BCUT2D eigenvalue weighted by atomic mass is 16.5. The number of hydrogen-bond acceptors (Lipinski definition) is 4. The van der Waals surface area contributed by atoms with Crippen LogP contribution in [0.3, 0.4) is 0 Å². The Kier molecular flexibility index (Phi) is 6.74. The smallest absolute Gasteiger partial charge is 0.263 e. The lowest BCUT2D eigenvalue weighted by Gasteiger charge is -2.22. The second kappa shape index (κ2) is 9.47. The molecule has 0 saturated heterocycles. The summed E-state index contributed by atoms with van der Waals surface area (Å²) in [5.74, 6) is 0.0839. The van der Waals surface area contributed by atoms with Crippen molar-refractivity contribution in [1.82, 2.24) is 15.2 Å². The lowest BCUT2D eigenvalue weighted by atomic mass is 9.97. The highest BCUT2D eigenvalue weighted by molar-refractivity contribution is 5.97. The van der Waals surface area contributed by atoms with Crippen molar-refractivity contribution in [2.45, 2.75) is 26.9 Å². The molecule has 0 aliphatic carbocycles. The van der Waals surface area contributed by atoms with E-state index in [4.69, 9.17) is 4.74 Å². The van der Waals surface area contributed by atoms with E-state index in [1.807, 2.05) is 37.3 Å². The monoisotopic (exact) mass is 421 g/mol. The average Bonchev–Trinajstić information content (AvgIpc) is 2.74. The largest absolute Gasteiger partial charge is 0.481 e. The summed E-state index contributed by atoms with van der Waals surface area (Å²) in [6.45, 7) is 5.87. The van der Waals surface area contributed by atoms with Gasteiger partial charge in [0.05, 0.1) is 5.39 Å². The number of rotatable bonds is 7. The summed E-state index contributed by atoms with van der Waals surface area (Å²) >= 11 is 0. The van der Waals surface area contributed by atoms with Crippen molar-refractivity contribution >= 4 is 22.6 Å². The number of aryl methyl sites for hydroxylation is 1. The van der Waals surface area contributed by atoms with Crippen LogP contribution in [0.2, 0.25) is 0 Å². The summed E-state index contributed by atoms with van der Waals surface area (Å²) in [7, 11) is 1.66. The highest BCUT2D eigenvalue weighted by Gasteiger charge is 2.19. The second-order valence-corrected chi connectivity index (χ2v) is 7.56. The average molecular weight is 421 g/mol. The first-order valence-electron chi connectivity index (χ1n) is 10.2. The van der Waals surface area contributed by atoms with Crippen LogP contribution in [-0.2, 0) is 9.59 Å². The quantitative estimate of drug-likeness (QED) is 0.614. The zero-order valence-electron chi connectivity index (χ0n) is 18.2. The molecular formula is C24H27N3O4. The predicted octanol–water partition coefficient (Wildman–Crippen LogP) is 2.87. The summed E-state index contributed by atoms with van der Waals surface area (Å²) in [6, 6.07) is 13.3. The molecule has 31 heavy (non-hydrogen) atoms. The van der Waals surface area contributed by atoms with Crippen LogP contribution in [-0.4, -0.2) is 47.9 Å². The van der Waals surface area contributed by atoms with E-state index in [0.29, 0.717) is 24.2 Å². The first-order valence-corrected chi connectivity index (χ1v) is 10.2. The van der Waals surface area contributed by atoms with Gasteiger partial charge in [-0.15, -0.1) is 0 Å². The molecule has 2 aromatic carbocycles. The molecule has 2 N–H and O–H groups in total. The molecule has 7 heteroatoms. The molecule has 0 saturated carbocycles. The number of pyridine rings is 1. The van der Waals surface area contributed by atoms with Gasteiger partial charge in [0, 0.05) is 38.8 Å². The number of hydrogen-bond donors (Lipinski definition) is 2. The summed E-state index contributed by atoms with van der Waals surface area (Å²) in [4.78, 5) is 40.3. The molecule has 162 valence electrons. The molecule has 0 spiro atoms. The van der Waals surface area contributed by atoms with E-state index in [1.165, 1.54) is 11.8 Å². The van der Waals surface area contributed by atoms with Crippen molar-refractivity contribution in [2.24, 2.45) is 0 Å². The van der Waals surface area contributed by atoms with Crippen LogP contribution in [0.1, 0.15) is 19.4 Å². The summed E-state index contributed by atoms with van der Waals surface area (Å²) < 4.78 is 5.83. The van der Waals surface area contributed by atoms with Crippen molar-refractivity contribution in [2.75, 3.05) is 20.1 Å².